The van der Waals surface area contributed by atoms with Crippen molar-refractivity contribution >= 4 is 5.78 Å². The van der Waals surface area contributed by atoms with Gasteiger partial charge >= 0.3 is 0 Å². The van der Waals surface area contributed by atoms with Gasteiger partial charge in [-0.25, -0.2) is 0 Å². The topological polar surface area (TPSA) is 37.3 Å². The number of allylic oxidation sites excluding steroid dienone is 1. The van der Waals surface area contributed by atoms with E-state index >= 15 is 0 Å². The predicted molar refractivity (Wildman–Crippen MR) is 133 cm³/mol. The summed E-state index contributed by atoms with van der Waals surface area (Å²) in [4.78, 5) is 13.9. The van der Waals surface area contributed by atoms with Crippen LogP contribution >= 0.6 is 0 Å². The van der Waals surface area contributed by atoms with Gasteiger partial charge in [0, 0.05) is 11.3 Å². The van der Waals surface area contributed by atoms with Crippen LogP contribution in [0, 0.1) is 51.2 Å². The van der Waals surface area contributed by atoms with Crippen molar-refractivity contribution in [2.45, 2.75) is 119 Å². The van der Waals surface area contributed by atoms with Crippen LogP contribution in [0.2, 0.25) is 0 Å². The van der Waals surface area contributed by atoms with Gasteiger partial charge in [0.15, 0.2) is 5.78 Å². The maximum Gasteiger partial charge on any atom is 0.159 e. The number of rotatable bonds is 5. The normalized spacial score (nSPS) is 46.3. The van der Waals surface area contributed by atoms with Crippen LogP contribution in [0.4, 0.5) is 0 Å². The fraction of sp³-hybridized carbons (Fsp3) is 0.900. The lowest BCUT2D eigenvalue weighted by atomic mass is 9.40. The minimum atomic E-state index is -0.335. The highest BCUT2D eigenvalue weighted by atomic mass is 16.3. The number of fused-ring (bicyclic) bond motifs is 5. The molecule has 2 heteroatoms. The number of aliphatic hydroxyl groups excluding tert-OH is 1. The molecule has 4 aliphatic carbocycles. The maximum atomic E-state index is 13.9. The molecule has 0 amide bonds. The predicted octanol–water partition coefficient (Wildman–Crippen LogP) is 7.59. The average molecular weight is 443 g/mol. The van der Waals surface area contributed by atoms with Crippen LogP contribution < -0.4 is 0 Å². The van der Waals surface area contributed by atoms with Gasteiger partial charge in [0.25, 0.3) is 0 Å². The fourth-order valence-electron chi connectivity index (χ4n) is 9.51. The van der Waals surface area contributed by atoms with Gasteiger partial charge < -0.3 is 5.11 Å². The first-order valence-corrected chi connectivity index (χ1v) is 13.7. The Morgan fingerprint density at radius 2 is 1.59 bits per heavy atom. The van der Waals surface area contributed by atoms with E-state index in [0.717, 1.165) is 30.6 Å². The van der Waals surface area contributed by atoms with Crippen molar-refractivity contribution in [3.05, 3.63) is 11.6 Å². The zero-order valence-corrected chi connectivity index (χ0v) is 22.3. The lowest BCUT2D eigenvalue weighted by Gasteiger charge is -2.63. The monoisotopic (exact) mass is 442 g/mol. The number of carbonyl (C=O) groups excluding carboxylic acids is 1. The molecule has 4 aliphatic rings. The summed E-state index contributed by atoms with van der Waals surface area (Å²) in [6.07, 6.45) is 12.5. The van der Waals surface area contributed by atoms with Gasteiger partial charge in [-0.2, -0.15) is 0 Å². The summed E-state index contributed by atoms with van der Waals surface area (Å²) in [5, 5.41) is 10.8. The molecule has 0 heterocycles. The molecule has 4 rings (SSSR count). The van der Waals surface area contributed by atoms with Crippen molar-refractivity contribution in [2.75, 3.05) is 0 Å². The Hall–Kier alpha value is -0.630. The Bertz CT molecular complexity index is 778. The van der Waals surface area contributed by atoms with Crippen LogP contribution in [-0.4, -0.2) is 17.0 Å². The zero-order chi connectivity index (χ0) is 23.7. The minimum absolute atomic E-state index is 0.0621. The molecule has 0 unspecified atom stereocenters. The Kier molecular flexibility index (Phi) is 6.09. The van der Waals surface area contributed by atoms with Gasteiger partial charge in [-0.05, 0) is 84.5 Å². The van der Waals surface area contributed by atoms with Crippen LogP contribution in [0.3, 0.4) is 0 Å². The Balaban J connectivity index is 1.65. The van der Waals surface area contributed by atoms with E-state index in [0.29, 0.717) is 11.7 Å². The van der Waals surface area contributed by atoms with E-state index in [1.165, 1.54) is 50.5 Å². The first-order chi connectivity index (χ1) is 14.8. The van der Waals surface area contributed by atoms with E-state index in [-0.39, 0.29) is 33.7 Å². The molecule has 0 aliphatic heterocycles. The van der Waals surface area contributed by atoms with E-state index in [9.17, 15) is 9.90 Å². The summed E-state index contributed by atoms with van der Waals surface area (Å²) >= 11 is 0. The summed E-state index contributed by atoms with van der Waals surface area (Å²) in [5.74, 6) is 3.27. The van der Waals surface area contributed by atoms with Crippen molar-refractivity contribution in [3.63, 3.8) is 0 Å². The molecular weight excluding hydrogens is 392 g/mol. The van der Waals surface area contributed by atoms with Crippen LogP contribution in [0.5, 0.6) is 0 Å². The highest BCUT2D eigenvalue weighted by molar-refractivity contribution is 5.95. The largest absolute Gasteiger partial charge is 0.392 e. The van der Waals surface area contributed by atoms with Gasteiger partial charge in [-0.3, -0.25) is 4.79 Å². The van der Waals surface area contributed by atoms with Crippen molar-refractivity contribution in [3.8, 4) is 0 Å². The highest BCUT2D eigenvalue weighted by Gasteiger charge is 2.68. The zero-order valence-electron chi connectivity index (χ0n) is 22.3. The third-order valence-electron chi connectivity index (χ3n) is 11.8. The summed E-state index contributed by atoms with van der Waals surface area (Å²) in [6, 6.07) is 0. The molecular formula is C30H50O2. The number of aliphatic hydroxyl groups is 1. The van der Waals surface area contributed by atoms with Crippen molar-refractivity contribution in [2.24, 2.45) is 51.2 Å². The van der Waals surface area contributed by atoms with Gasteiger partial charge in [-0.1, -0.05) is 80.2 Å². The summed E-state index contributed by atoms with van der Waals surface area (Å²) in [7, 11) is 0. The molecule has 32 heavy (non-hydrogen) atoms. The average Bonchev–Trinajstić information content (AvgIpc) is 2.98. The van der Waals surface area contributed by atoms with Crippen LogP contribution in [-0.2, 0) is 4.79 Å². The van der Waals surface area contributed by atoms with E-state index < -0.39 is 0 Å². The van der Waals surface area contributed by atoms with E-state index in [1.807, 2.05) is 6.08 Å². The standard InChI is InChI=1S/C30H50O2/c1-19(2)10-9-11-20(3)21-12-17-30(8)26-22(13-16-29(21,30)7)28(6)15-14-25(32)27(4,5)24(28)18-23(26)31/h18-22,25-26,32H,9-17H2,1-8H3/t20-,21-,22+,25+,26+,28-,29-,30+/m1/s1. The molecule has 0 aromatic carbocycles. The molecule has 0 aromatic rings. The molecule has 182 valence electrons. The van der Waals surface area contributed by atoms with Crippen LogP contribution in [0.15, 0.2) is 11.6 Å². The molecule has 0 bridgehead atoms. The van der Waals surface area contributed by atoms with Gasteiger partial charge in [-0.15, -0.1) is 0 Å². The number of ketones is 1. The first-order valence-electron chi connectivity index (χ1n) is 13.7. The lowest BCUT2D eigenvalue weighted by molar-refractivity contribution is -0.153. The van der Waals surface area contributed by atoms with Gasteiger partial charge in [0.2, 0.25) is 0 Å². The SMILES string of the molecule is CC(C)CCC[C@@H](C)[C@H]1CC[C@@]2(C)[C@@H]3C(=O)C=C4C(C)(C)[C@@H](O)CC[C@]4(C)[C@H]3CC[C@]12C. The van der Waals surface area contributed by atoms with Gasteiger partial charge in [0.1, 0.15) is 0 Å². The minimum Gasteiger partial charge on any atom is -0.392 e. The second-order valence-corrected chi connectivity index (χ2v) is 14.1. The Morgan fingerprint density at radius 3 is 2.25 bits per heavy atom. The Labute approximate surface area is 198 Å². The van der Waals surface area contributed by atoms with Crippen molar-refractivity contribution in [1.29, 1.82) is 0 Å². The van der Waals surface area contributed by atoms with E-state index in [1.54, 1.807) is 0 Å². The smallest absolute Gasteiger partial charge is 0.159 e. The summed E-state index contributed by atoms with van der Waals surface area (Å²) in [5.41, 5.74) is 1.39. The van der Waals surface area contributed by atoms with Crippen molar-refractivity contribution < 1.29 is 9.90 Å². The lowest BCUT2D eigenvalue weighted by Crippen LogP contribution is -2.60. The molecule has 2 nitrogen and oxygen atoms in total. The molecule has 0 saturated heterocycles. The van der Waals surface area contributed by atoms with Crippen LogP contribution in [0.1, 0.15) is 113 Å². The molecule has 1 N–H and O–H groups in total. The highest BCUT2D eigenvalue weighted by Crippen LogP contribution is 2.73. The van der Waals surface area contributed by atoms with E-state index in [4.69, 9.17) is 0 Å². The molecule has 3 saturated carbocycles. The van der Waals surface area contributed by atoms with Crippen molar-refractivity contribution in [1.82, 2.24) is 0 Å². The summed E-state index contributed by atoms with van der Waals surface area (Å²) < 4.78 is 0. The molecule has 0 aromatic heterocycles. The Morgan fingerprint density at radius 1 is 0.938 bits per heavy atom. The van der Waals surface area contributed by atoms with E-state index in [2.05, 4.69) is 55.4 Å². The quantitative estimate of drug-likeness (QED) is 0.476. The molecule has 0 spiro atoms. The molecule has 8 atom stereocenters. The second-order valence-electron chi connectivity index (χ2n) is 14.1. The van der Waals surface area contributed by atoms with Crippen LogP contribution in [0.25, 0.3) is 0 Å². The number of hydrogen-bond acceptors (Lipinski definition) is 2. The molecule has 0 radical (unpaired) electrons. The third-order valence-corrected chi connectivity index (χ3v) is 11.8. The second kappa shape index (κ2) is 7.96. The first kappa shape index (κ1) is 24.5. The fourth-order valence-corrected chi connectivity index (χ4v) is 9.51. The van der Waals surface area contributed by atoms with Gasteiger partial charge in [0.05, 0.1) is 6.10 Å². The number of hydrogen-bond donors (Lipinski definition) is 1. The summed E-state index contributed by atoms with van der Waals surface area (Å²) in [6.45, 7) is 19.0. The number of carbonyl (C=O) groups is 1. The third kappa shape index (κ3) is 3.32. The maximum absolute atomic E-state index is 13.9. The molecule has 3 fully saturated rings.